The van der Waals surface area contributed by atoms with Gasteiger partial charge in [0.2, 0.25) is 0 Å². The van der Waals surface area contributed by atoms with Crippen LogP contribution in [0.2, 0.25) is 0 Å². The van der Waals surface area contributed by atoms with Gasteiger partial charge in [-0.25, -0.2) is 0 Å². The van der Waals surface area contributed by atoms with Crippen LogP contribution in [0.4, 0.5) is 0 Å². The minimum Gasteiger partial charge on any atom is -0.387 e. The number of thioether (sulfide) groups is 1. The average molecular weight is 527 g/mol. The number of dihydropyridines is 1. The number of pyridine rings is 1. The van der Waals surface area contributed by atoms with Crippen molar-refractivity contribution in [3.05, 3.63) is 138 Å². The van der Waals surface area contributed by atoms with Crippen LogP contribution in [0.25, 0.3) is 28.0 Å². The third kappa shape index (κ3) is 4.44. The van der Waals surface area contributed by atoms with Crippen molar-refractivity contribution in [3.8, 4) is 22.4 Å². The number of aromatic nitrogens is 1. The summed E-state index contributed by atoms with van der Waals surface area (Å²) in [7, 11) is 0. The Morgan fingerprint density at radius 2 is 1.58 bits per heavy atom. The molecule has 38 heavy (non-hydrogen) atoms. The Hall–Kier alpha value is -3.73. The largest absolute Gasteiger partial charge is 0.387 e. The first kappa shape index (κ1) is 23.4. The fourth-order valence-electron chi connectivity index (χ4n) is 5.28. The fraction of sp³-hybridized carbons (Fsp3) is 0.0882. The third-order valence-corrected chi connectivity index (χ3v) is 9.56. The van der Waals surface area contributed by atoms with Gasteiger partial charge in [-0.15, -0.1) is 0 Å². The van der Waals surface area contributed by atoms with Gasteiger partial charge in [-0.1, -0.05) is 102 Å². The summed E-state index contributed by atoms with van der Waals surface area (Å²) in [6, 6.07) is 28.8. The molecule has 0 fully saturated rings. The van der Waals surface area contributed by atoms with Gasteiger partial charge in [0.25, 0.3) is 0 Å². The Morgan fingerprint density at radius 1 is 0.763 bits per heavy atom. The molecule has 0 spiro atoms. The van der Waals surface area contributed by atoms with E-state index in [4.69, 9.17) is 0 Å². The van der Waals surface area contributed by atoms with Crippen molar-refractivity contribution < 1.29 is 0 Å². The summed E-state index contributed by atoms with van der Waals surface area (Å²) in [6.07, 6.45) is 16.2. The molecule has 0 amide bonds. The first-order valence-electron chi connectivity index (χ1n) is 13.0. The second-order valence-electron chi connectivity index (χ2n) is 9.57. The molecular weight excluding hydrogens is 501 g/mol. The van der Waals surface area contributed by atoms with Gasteiger partial charge in [-0.2, -0.15) is 0 Å². The molecule has 1 N–H and O–H groups in total. The van der Waals surface area contributed by atoms with Gasteiger partial charge in [0, 0.05) is 45.1 Å². The minimum atomic E-state index is 0.348. The summed E-state index contributed by atoms with van der Waals surface area (Å²) in [6.45, 7) is 0.882. The standard InChI is InChI=1S/C34H26N2S2/c1-3-12-31-26(9-1)27-10-2-4-13-32(27)38-34-21-24(30-11-5-6-19-36-30)15-17-29(34)28-16-14-23(20-33(28)37-31)25-8-7-18-35-22-25/h1-8,10-17,19-22,26,35H,9,18H2. The van der Waals surface area contributed by atoms with E-state index in [9.17, 15) is 0 Å². The number of allylic oxidation sites excluding steroid dienone is 6. The molecule has 184 valence electrons. The van der Waals surface area contributed by atoms with Crippen LogP contribution in [-0.2, 0) is 0 Å². The zero-order valence-electron chi connectivity index (χ0n) is 20.8. The predicted molar refractivity (Wildman–Crippen MR) is 161 cm³/mol. The fourth-order valence-corrected chi connectivity index (χ4v) is 7.71. The highest BCUT2D eigenvalue weighted by atomic mass is 32.2. The zero-order valence-corrected chi connectivity index (χ0v) is 22.4. The molecule has 1 atom stereocenters. The van der Waals surface area contributed by atoms with E-state index in [2.05, 4.69) is 120 Å². The van der Waals surface area contributed by atoms with Crippen LogP contribution in [0, 0.1) is 0 Å². The van der Waals surface area contributed by atoms with Crippen molar-refractivity contribution in [2.45, 2.75) is 27.0 Å². The lowest BCUT2D eigenvalue weighted by molar-refractivity contribution is 0.820. The number of hydrogen-bond acceptors (Lipinski definition) is 4. The van der Waals surface area contributed by atoms with Gasteiger partial charge in [-0.3, -0.25) is 4.98 Å². The summed E-state index contributed by atoms with van der Waals surface area (Å²) < 4.78 is 0. The van der Waals surface area contributed by atoms with E-state index < -0.39 is 0 Å². The number of hydrogen-bond donors (Lipinski definition) is 1. The Labute approximate surface area is 232 Å². The first-order chi connectivity index (χ1) is 18.8. The second-order valence-corrected chi connectivity index (χ2v) is 11.8. The highest BCUT2D eigenvalue weighted by Gasteiger charge is 2.26. The molecule has 3 aliphatic rings. The molecule has 1 aromatic heterocycles. The van der Waals surface area contributed by atoms with Gasteiger partial charge in [0.05, 0.1) is 5.69 Å². The Bertz CT molecular complexity index is 1650. The smallest absolute Gasteiger partial charge is 0.0702 e. The molecule has 0 bridgehead atoms. The summed E-state index contributed by atoms with van der Waals surface area (Å²) >= 11 is 3.80. The zero-order chi connectivity index (χ0) is 25.3. The molecule has 3 heterocycles. The van der Waals surface area contributed by atoms with Crippen LogP contribution in [0.5, 0.6) is 0 Å². The van der Waals surface area contributed by atoms with Crippen molar-refractivity contribution in [3.63, 3.8) is 0 Å². The van der Waals surface area contributed by atoms with E-state index in [0.29, 0.717) is 5.92 Å². The van der Waals surface area contributed by atoms with Crippen molar-refractivity contribution in [2.24, 2.45) is 0 Å². The van der Waals surface area contributed by atoms with Crippen molar-refractivity contribution in [2.75, 3.05) is 6.54 Å². The molecule has 2 nitrogen and oxygen atoms in total. The molecular formula is C34H26N2S2. The van der Waals surface area contributed by atoms with Gasteiger partial charge < -0.3 is 5.32 Å². The maximum atomic E-state index is 4.63. The van der Waals surface area contributed by atoms with E-state index in [1.165, 1.54) is 47.4 Å². The van der Waals surface area contributed by atoms with Crippen molar-refractivity contribution in [1.29, 1.82) is 0 Å². The number of benzene rings is 3. The summed E-state index contributed by atoms with van der Waals surface area (Å²) in [4.78, 5) is 9.90. The van der Waals surface area contributed by atoms with Gasteiger partial charge in [0.1, 0.15) is 0 Å². The molecule has 0 saturated carbocycles. The lowest BCUT2D eigenvalue weighted by Crippen LogP contribution is -2.08. The summed E-state index contributed by atoms with van der Waals surface area (Å²) in [5.74, 6) is 0.348. The molecule has 1 aliphatic carbocycles. The maximum Gasteiger partial charge on any atom is 0.0702 e. The van der Waals surface area contributed by atoms with Gasteiger partial charge in [-0.05, 0) is 69.5 Å². The molecule has 3 aromatic carbocycles. The van der Waals surface area contributed by atoms with Crippen molar-refractivity contribution >= 4 is 29.1 Å². The van der Waals surface area contributed by atoms with Crippen LogP contribution in [0.15, 0.2) is 141 Å². The molecule has 0 saturated heterocycles. The van der Waals surface area contributed by atoms with E-state index in [0.717, 1.165) is 24.2 Å². The monoisotopic (exact) mass is 526 g/mol. The van der Waals surface area contributed by atoms with Crippen LogP contribution in [-0.4, -0.2) is 11.5 Å². The van der Waals surface area contributed by atoms with E-state index in [1.54, 1.807) is 0 Å². The Morgan fingerprint density at radius 3 is 2.42 bits per heavy atom. The lowest BCUT2D eigenvalue weighted by atomic mass is 9.92. The molecule has 4 heteroatoms. The van der Waals surface area contributed by atoms with E-state index in [-0.39, 0.29) is 0 Å². The number of nitrogens with one attached hydrogen (secondary N) is 1. The highest BCUT2D eigenvalue weighted by molar-refractivity contribution is 8.03. The Balaban J connectivity index is 1.45. The summed E-state index contributed by atoms with van der Waals surface area (Å²) in [5.41, 5.74) is 8.53. The Kier molecular flexibility index (Phi) is 6.28. The van der Waals surface area contributed by atoms with E-state index >= 15 is 0 Å². The second kappa shape index (κ2) is 10.2. The van der Waals surface area contributed by atoms with Gasteiger partial charge >= 0.3 is 0 Å². The SMILES string of the molecule is C1=CCC2C(=C1)Sc1cc(C3=CNCC=C3)ccc1-c1ccc(-c3ccccn3)cc1Sc1ccccc12. The number of nitrogens with zero attached hydrogens (tertiary/aromatic N) is 1. The molecule has 4 aromatic rings. The normalized spacial score (nSPS) is 17.6. The van der Waals surface area contributed by atoms with E-state index in [1.807, 2.05) is 35.8 Å². The van der Waals surface area contributed by atoms with Crippen molar-refractivity contribution in [1.82, 2.24) is 10.3 Å². The molecule has 2 aliphatic heterocycles. The molecule has 7 rings (SSSR count). The quantitative estimate of drug-likeness (QED) is 0.282. The third-order valence-electron chi connectivity index (χ3n) is 7.19. The van der Waals surface area contributed by atoms with Crippen LogP contribution in [0.3, 0.4) is 0 Å². The molecule has 1 unspecified atom stereocenters. The highest BCUT2D eigenvalue weighted by Crippen LogP contribution is 2.51. The minimum absolute atomic E-state index is 0.348. The van der Waals surface area contributed by atoms with Crippen LogP contribution >= 0.6 is 23.5 Å². The predicted octanol–water partition coefficient (Wildman–Crippen LogP) is 9.10. The van der Waals surface area contributed by atoms with Crippen LogP contribution < -0.4 is 5.32 Å². The average Bonchev–Trinajstić information content (AvgIpc) is 2.99. The first-order valence-corrected chi connectivity index (χ1v) is 14.6. The van der Waals surface area contributed by atoms with Gasteiger partial charge in [0.15, 0.2) is 0 Å². The van der Waals surface area contributed by atoms with Crippen LogP contribution in [0.1, 0.15) is 23.5 Å². The number of rotatable bonds is 2. The lowest BCUT2D eigenvalue weighted by Gasteiger charge is -2.27. The molecule has 0 radical (unpaired) electrons. The number of fused-ring (bicyclic) bond motifs is 6. The summed E-state index contributed by atoms with van der Waals surface area (Å²) in [5, 5.41) is 3.36. The topological polar surface area (TPSA) is 24.9 Å². The maximum absolute atomic E-state index is 4.63.